The van der Waals surface area contributed by atoms with Crippen molar-refractivity contribution in [2.45, 2.75) is 64.7 Å². The zero-order valence-electron chi connectivity index (χ0n) is 11.7. The third-order valence-corrected chi connectivity index (χ3v) is 6.71. The minimum absolute atomic E-state index is 0.460. The van der Waals surface area contributed by atoms with Crippen LogP contribution in [0.5, 0.6) is 0 Å². The van der Waals surface area contributed by atoms with Crippen LogP contribution in [0.2, 0.25) is 0 Å². The van der Waals surface area contributed by atoms with Crippen molar-refractivity contribution in [1.82, 2.24) is 0 Å². The van der Waals surface area contributed by atoms with Crippen molar-refractivity contribution < 1.29 is 4.79 Å². The number of hydrogen-bond acceptors (Lipinski definition) is 1. The van der Waals surface area contributed by atoms with Gasteiger partial charge in [-0.1, -0.05) is 6.92 Å². The van der Waals surface area contributed by atoms with Crippen LogP contribution in [-0.2, 0) is 4.79 Å². The second-order valence-corrected chi connectivity index (χ2v) is 8.19. The number of carbonyl (C=O) groups excluding carboxylic acids is 1. The van der Waals surface area contributed by atoms with Crippen LogP contribution in [0.1, 0.15) is 64.7 Å². The van der Waals surface area contributed by atoms with Crippen LogP contribution in [0.25, 0.3) is 0 Å². The summed E-state index contributed by atoms with van der Waals surface area (Å²) in [6.45, 7) is 2.26. The summed E-state index contributed by atoms with van der Waals surface area (Å²) in [5.41, 5.74) is 0.478. The highest BCUT2D eigenvalue weighted by molar-refractivity contribution is 5.82. The van der Waals surface area contributed by atoms with Crippen molar-refractivity contribution in [2.75, 3.05) is 0 Å². The molecular weight excluding hydrogens is 220 g/mol. The predicted molar refractivity (Wildman–Crippen MR) is 72.1 cm³/mol. The molecule has 5 saturated carbocycles. The lowest BCUT2D eigenvalue weighted by atomic mass is 9.45. The molecule has 0 N–H and O–H groups in total. The predicted octanol–water partition coefficient (Wildman–Crippen LogP) is 4.21. The summed E-state index contributed by atoms with van der Waals surface area (Å²) in [4.78, 5) is 12.5. The number of carbonyl (C=O) groups is 1. The Morgan fingerprint density at radius 3 is 2.00 bits per heavy atom. The quantitative estimate of drug-likeness (QED) is 0.677. The maximum Gasteiger partial charge on any atom is 0.136 e. The van der Waals surface area contributed by atoms with Crippen molar-refractivity contribution >= 4 is 5.78 Å². The van der Waals surface area contributed by atoms with Gasteiger partial charge in [0.2, 0.25) is 0 Å². The van der Waals surface area contributed by atoms with E-state index in [4.69, 9.17) is 0 Å². The highest BCUT2D eigenvalue weighted by Gasteiger charge is 2.55. The average Bonchev–Trinajstić information content (AvgIpc) is 2.26. The monoisotopic (exact) mass is 246 g/mol. The van der Waals surface area contributed by atoms with Crippen molar-refractivity contribution in [3.8, 4) is 0 Å². The largest absolute Gasteiger partial charge is 0.299 e. The van der Waals surface area contributed by atoms with Gasteiger partial charge in [0, 0.05) is 12.3 Å². The molecule has 5 fully saturated rings. The second kappa shape index (κ2) is 3.84. The average molecular weight is 246 g/mol. The van der Waals surface area contributed by atoms with Crippen molar-refractivity contribution in [3.63, 3.8) is 0 Å². The standard InChI is InChI=1S/C17H26O/c1-11-2-3-15(16(18)4-11)17-8-12-5-13(9-17)7-14(6-12)10-17/h11-15H,2-10H2,1H3/t11-,12?,13?,14?,15-,17?/m1/s1. The van der Waals surface area contributed by atoms with Gasteiger partial charge >= 0.3 is 0 Å². The van der Waals surface area contributed by atoms with E-state index < -0.39 is 0 Å². The molecular formula is C17H26O. The van der Waals surface area contributed by atoms with E-state index in [0.29, 0.717) is 23.0 Å². The Bertz CT molecular complexity index is 335. The van der Waals surface area contributed by atoms with Gasteiger partial charge in [0.25, 0.3) is 0 Å². The summed E-state index contributed by atoms with van der Waals surface area (Å²) in [7, 11) is 0. The first-order valence-electron chi connectivity index (χ1n) is 8.17. The fourth-order valence-corrected chi connectivity index (χ4v) is 6.45. The first kappa shape index (κ1) is 11.5. The third-order valence-electron chi connectivity index (χ3n) is 6.71. The van der Waals surface area contributed by atoms with Crippen LogP contribution < -0.4 is 0 Å². The van der Waals surface area contributed by atoms with Gasteiger partial charge in [-0.05, 0) is 80.5 Å². The van der Waals surface area contributed by atoms with Crippen molar-refractivity contribution in [3.05, 3.63) is 0 Å². The van der Waals surface area contributed by atoms with Gasteiger partial charge in [-0.15, -0.1) is 0 Å². The topological polar surface area (TPSA) is 17.1 Å². The molecule has 5 rings (SSSR count). The summed E-state index contributed by atoms with van der Waals surface area (Å²) in [5, 5.41) is 0. The van der Waals surface area contributed by atoms with E-state index in [1.54, 1.807) is 0 Å². The number of rotatable bonds is 1. The van der Waals surface area contributed by atoms with Gasteiger partial charge in [-0.2, -0.15) is 0 Å². The summed E-state index contributed by atoms with van der Waals surface area (Å²) in [6.07, 6.45) is 12.1. The molecule has 0 saturated heterocycles. The van der Waals surface area contributed by atoms with Gasteiger partial charge in [-0.25, -0.2) is 0 Å². The van der Waals surface area contributed by atoms with Gasteiger partial charge < -0.3 is 0 Å². The van der Waals surface area contributed by atoms with Gasteiger partial charge in [0.15, 0.2) is 0 Å². The molecule has 5 aliphatic carbocycles. The first-order chi connectivity index (χ1) is 8.64. The Kier molecular flexibility index (Phi) is 2.45. The van der Waals surface area contributed by atoms with E-state index in [1.807, 2.05) is 0 Å². The molecule has 0 heterocycles. The van der Waals surface area contributed by atoms with Gasteiger partial charge in [0.1, 0.15) is 5.78 Å². The lowest BCUT2D eigenvalue weighted by molar-refractivity contribution is -0.144. The molecule has 100 valence electrons. The molecule has 1 heteroatoms. The third kappa shape index (κ3) is 1.62. The van der Waals surface area contributed by atoms with Crippen LogP contribution >= 0.6 is 0 Å². The lowest BCUT2D eigenvalue weighted by Crippen LogP contribution is -2.52. The molecule has 0 aromatic carbocycles. The summed E-state index contributed by atoms with van der Waals surface area (Å²) < 4.78 is 0. The summed E-state index contributed by atoms with van der Waals surface area (Å²) >= 11 is 0. The molecule has 0 aromatic heterocycles. The van der Waals surface area contributed by atoms with E-state index in [9.17, 15) is 4.79 Å². The van der Waals surface area contributed by atoms with Gasteiger partial charge in [0.05, 0.1) is 0 Å². The van der Waals surface area contributed by atoms with E-state index in [0.717, 1.165) is 24.2 Å². The minimum Gasteiger partial charge on any atom is -0.299 e. The highest BCUT2D eigenvalue weighted by atomic mass is 16.1. The Morgan fingerprint density at radius 1 is 0.944 bits per heavy atom. The van der Waals surface area contributed by atoms with Gasteiger partial charge in [-0.3, -0.25) is 4.79 Å². The zero-order chi connectivity index (χ0) is 12.3. The molecule has 0 aliphatic heterocycles. The SMILES string of the molecule is C[C@@H]1CC[C@@H](C23CC4CC(CC(C4)C2)C3)C(=O)C1. The summed E-state index contributed by atoms with van der Waals surface area (Å²) in [5.74, 6) is 4.72. The van der Waals surface area contributed by atoms with E-state index in [2.05, 4.69) is 6.92 Å². The highest BCUT2D eigenvalue weighted by Crippen LogP contribution is 2.64. The number of hydrogen-bond donors (Lipinski definition) is 0. The Labute approximate surface area is 111 Å². The van der Waals surface area contributed by atoms with E-state index in [1.165, 1.54) is 51.4 Å². The Balaban J connectivity index is 1.61. The van der Waals surface area contributed by atoms with Crippen LogP contribution in [0.3, 0.4) is 0 Å². The fourth-order valence-electron chi connectivity index (χ4n) is 6.45. The first-order valence-corrected chi connectivity index (χ1v) is 8.17. The molecule has 0 radical (unpaired) electrons. The summed E-state index contributed by atoms with van der Waals surface area (Å²) in [6, 6.07) is 0. The lowest BCUT2D eigenvalue weighted by Gasteiger charge is -2.60. The molecule has 0 spiro atoms. The fraction of sp³-hybridized carbons (Fsp3) is 0.941. The Hall–Kier alpha value is -0.330. The van der Waals surface area contributed by atoms with E-state index in [-0.39, 0.29) is 0 Å². The van der Waals surface area contributed by atoms with Crippen LogP contribution in [0, 0.1) is 35.0 Å². The molecule has 1 nitrogen and oxygen atoms in total. The maximum absolute atomic E-state index is 12.5. The van der Waals surface area contributed by atoms with Crippen LogP contribution in [0.15, 0.2) is 0 Å². The maximum atomic E-state index is 12.5. The zero-order valence-corrected chi connectivity index (χ0v) is 11.7. The second-order valence-electron chi connectivity index (χ2n) is 8.19. The number of ketones is 1. The molecule has 0 amide bonds. The van der Waals surface area contributed by atoms with Crippen LogP contribution in [0.4, 0.5) is 0 Å². The van der Waals surface area contributed by atoms with Crippen molar-refractivity contribution in [1.29, 1.82) is 0 Å². The molecule has 4 bridgehead atoms. The molecule has 0 unspecified atom stereocenters. The Morgan fingerprint density at radius 2 is 1.50 bits per heavy atom. The molecule has 5 aliphatic rings. The normalized spacial score (nSPS) is 54.9. The number of Topliss-reactive ketones (excluding diaryl/α,β-unsaturated/α-hetero) is 1. The van der Waals surface area contributed by atoms with Crippen LogP contribution in [-0.4, -0.2) is 5.78 Å². The smallest absolute Gasteiger partial charge is 0.136 e. The van der Waals surface area contributed by atoms with E-state index >= 15 is 0 Å². The minimum atomic E-state index is 0.460. The molecule has 0 aromatic rings. The molecule has 2 atom stereocenters. The molecule has 18 heavy (non-hydrogen) atoms. The van der Waals surface area contributed by atoms with Crippen molar-refractivity contribution in [2.24, 2.45) is 35.0 Å².